The number of fused-ring (bicyclic) bond motifs is 2. The average molecular weight is 819 g/mol. The second-order valence-corrected chi connectivity index (χ2v) is 14.1. The third-order valence-corrected chi connectivity index (χ3v) is 9.91. The molecule has 0 bridgehead atoms. The SMILES string of the molecule is Nc1c(N=Nc2ccc(-c3ccc(N=Nc4cc(S(=O)(=O)[O-])c5ccccc5c4N)cc3[123I])cc2)cc(S(=O)(=O)[O-])c2ccccc12.[Na+].[Na+]. The summed E-state index contributed by atoms with van der Waals surface area (Å²) < 4.78 is 72.2. The van der Waals surface area contributed by atoms with Crippen molar-refractivity contribution in [2.24, 2.45) is 20.5 Å². The second kappa shape index (κ2) is 15.6. The van der Waals surface area contributed by atoms with Crippen molar-refractivity contribution in [2.75, 3.05) is 11.5 Å². The van der Waals surface area contributed by atoms with Crippen molar-refractivity contribution in [2.45, 2.75) is 9.79 Å². The van der Waals surface area contributed by atoms with Gasteiger partial charge in [-0.05, 0) is 70.1 Å². The van der Waals surface area contributed by atoms with Gasteiger partial charge in [0.15, 0.2) is 0 Å². The monoisotopic (exact) mass is 818 g/mol. The van der Waals surface area contributed by atoms with Crippen LogP contribution >= 0.6 is 22.6 Å². The van der Waals surface area contributed by atoms with Crippen LogP contribution in [0.15, 0.2) is 133 Å². The van der Waals surface area contributed by atoms with E-state index in [1.165, 1.54) is 12.1 Å². The van der Waals surface area contributed by atoms with Crippen LogP contribution in [0.2, 0.25) is 0 Å². The first kappa shape index (κ1) is 39.0. The van der Waals surface area contributed by atoms with E-state index in [0.717, 1.165) is 26.8 Å². The number of azo groups is 2. The van der Waals surface area contributed by atoms with Crippen molar-refractivity contribution in [1.29, 1.82) is 0 Å². The molecule has 0 heterocycles. The van der Waals surface area contributed by atoms with E-state index in [1.807, 2.05) is 18.2 Å². The first-order valence-corrected chi connectivity index (χ1v) is 17.5. The Morgan fingerprint density at radius 1 is 0.531 bits per heavy atom. The van der Waals surface area contributed by atoms with Gasteiger partial charge in [0.25, 0.3) is 0 Å². The number of halogens is 1. The first-order chi connectivity index (χ1) is 22.3. The molecule has 49 heavy (non-hydrogen) atoms. The third-order valence-electron chi connectivity index (χ3n) is 7.27. The standard InChI is InChI=1S/C32H23IN6O6S2.2Na/c33-26-15-20(37-39-28-17-30(47(43,44)45)23-6-2-4-8-25(23)32(28)35)13-14-21(26)18-9-11-19(12-10-18)36-38-27-16-29(46(40,41)42)22-5-1-3-7-24(22)31(27)34;;/h1-17H,34-35H2,(H,40,41,42)(H,43,44,45);;/q;2*+1/p-2/i33-4;;. The van der Waals surface area contributed by atoms with Crippen molar-refractivity contribution in [3.05, 3.63) is 107 Å². The number of rotatable bonds is 7. The van der Waals surface area contributed by atoms with Crippen LogP contribution < -0.4 is 70.6 Å². The van der Waals surface area contributed by atoms with Gasteiger partial charge in [0.1, 0.15) is 31.6 Å². The van der Waals surface area contributed by atoms with Gasteiger partial charge in [-0.25, -0.2) is 16.8 Å². The van der Waals surface area contributed by atoms with Crippen LogP contribution in [0.3, 0.4) is 0 Å². The minimum absolute atomic E-state index is 0. The third kappa shape index (κ3) is 8.40. The van der Waals surface area contributed by atoms with Gasteiger partial charge in [-0.2, -0.15) is 10.2 Å². The molecule has 12 nitrogen and oxygen atoms in total. The van der Waals surface area contributed by atoms with E-state index in [1.54, 1.807) is 60.7 Å². The normalized spacial score (nSPS) is 12.0. The Morgan fingerprint density at radius 2 is 0.939 bits per heavy atom. The molecule has 236 valence electrons. The van der Waals surface area contributed by atoms with Gasteiger partial charge in [-0.3, -0.25) is 0 Å². The van der Waals surface area contributed by atoms with Crippen LogP contribution in [0.4, 0.5) is 34.1 Å². The molecule has 0 aliphatic carbocycles. The van der Waals surface area contributed by atoms with E-state index in [2.05, 4.69) is 43.0 Å². The van der Waals surface area contributed by atoms with Crippen molar-refractivity contribution < 1.29 is 85.1 Å². The van der Waals surface area contributed by atoms with Gasteiger partial charge in [0, 0.05) is 25.1 Å². The molecule has 6 aromatic carbocycles. The van der Waals surface area contributed by atoms with E-state index in [-0.39, 0.29) is 92.6 Å². The maximum Gasteiger partial charge on any atom is 1.00 e. The fourth-order valence-corrected chi connectivity index (χ4v) is 7.23. The summed E-state index contributed by atoms with van der Waals surface area (Å²) in [6, 6.07) is 27.5. The molecule has 6 rings (SSSR count). The van der Waals surface area contributed by atoms with Crippen molar-refractivity contribution >= 4 is 98.5 Å². The Balaban J connectivity index is 0.00000270. The summed E-state index contributed by atoms with van der Waals surface area (Å²) in [5.74, 6) is 0. The predicted octanol–water partition coefficient (Wildman–Crippen LogP) is 2.08. The quantitative estimate of drug-likeness (QED) is 0.0798. The van der Waals surface area contributed by atoms with Gasteiger partial charge in [-0.1, -0.05) is 66.7 Å². The number of benzene rings is 6. The van der Waals surface area contributed by atoms with Crippen LogP contribution in [0.25, 0.3) is 32.7 Å². The summed E-state index contributed by atoms with van der Waals surface area (Å²) >= 11 is 2.15. The summed E-state index contributed by atoms with van der Waals surface area (Å²) in [6.45, 7) is 0. The molecular formula is C32H21IN6Na2O6S2. The molecule has 0 amide bonds. The summed E-state index contributed by atoms with van der Waals surface area (Å²) in [6.07, 6.45) is 0. The number of hydrogen-bond acceptors (Lipinski definition) is 12. The predicted molar refractivity (Wildman–Crippen MR) is 186 cm³/mol. The molecule has 0 saturated heterocycles. The fourth-order valence-electron chi connectivity index (χ4n) is 5.01. The molecule has 0 aromatic heterocycles. The van der Waals surface area contributed by atoms with Gasteiger partial charge >= 0.3 is 59.1 Å². The van der Waals surface area contributed by atoms with Crippen LogP contribution in [0.5, 0.6) is 0 Å². The Kier molecular flexibility index (Phi) is 12.4. The van der Waals surface area contributed by atoms with Gasteiger partial charge in [0.2, 0.25) is 0 Å². The maximum absolute atomic E-state index is 11.9. The van der Waals surface area contributed by atoms with Crippen molar-refractivity contribution in [1.82, 2.24) is 0 Å². The Morgan fingerprint density at radius 3 is 1.37 bits per heavy atom. The Labute approximate surface area is 339 Å². The molecule has 6 aromatic rings. The molecule has 0 radical (unpaired) electrons. The minimum atomic E-state index is -4.79. The molecule has 17 heteroatoms. The molecule has 0 atom stereocenters. The summed E-state index contributed by atoms with van der Waals surface area (Å²) in [5, 5.41) is 17.9. The zero-order chi connectivity index (χ0) is 33.5. The van der Waals surface area contributed by atoms with Crippen molar-refractivity contribution in [3.63, 3.8) is 0 Å². The zero-order valence-electron chi connectivity index (χ0n) is 25.9. The maximum atomic E-state index is 11.9. The topological polar surface area (TPSA) is 216 Å². The minimum Gasteiger partial charge on any atom is -0.744 e. The first-order valence-electron chi connectivity index (χ1n) is 13.6. The van der Waals surface area contributed by atoms with Gasteiger partial charge < -0.3 is 20.6 Å². The Hall–Kier alpha value is -2.81. The second-order valence-electron chi connectivity index (χ2n) is 10.2. The molecular weight excluding hydrogens is 797 g/mol. The summed E-state index contributed by atoms with van der Waals surface area (Å²) in [4.78, 5) is -0.852. The summed E-state index contributed by atoms with van der Waals surface area (Å²) in [7, 11) is -9.58. The van der Waals surface area contributed by atoms with Crippen LogP contribution in [-0.4, -0.2) is 25.9 Å². The molecule has 0 fully saturated rings. The summed E-state index contributed by atoms with van der Waals surface area (Å²) in [5.41, 5.74) is 15.6. The zero-order valence-corrected chi connectivity index (χ0v) is 33.7. The van der Waals surface area contributed by atoms with Gasteiger partial charge in [0.05, 0.1) is 32.5 Å². The van der Waals surface area contributed by atoms with E-state index >= 15 is 0 Å². The van der Waals surface area contributed by atoms with E-state index < -0.39 is 30.0 Å². The van der Waals surface area contributed by atoms with Gasteiger partial charge in [-0.15, -0.1) is 10.2 Å². The van der Waals surface area contributed by atoms with E-state index in [4.69, 9.17) is 11.5 Å². The number of nitrogens with two attached hydrogens (primary N) is 2. The molecule has 4 N–H and O–H groups in total. The number of nitrogens with zero attached hydrogens (tertiary/aromatic N) is 4. The van der Waals surface area contributed by atoms with Crippen molar-refractivity contribution in [3.8, 4) is 11.1 Å². The fraction of sp³-hybridized carbons (Fsp3) is 0. The molecule has 0 aliphatic rings. The van der Waals surface area contributed by atoms with E-state index in [0.29, 0.717) is 22.1 Å². The molecule has 0 aliphatic heterocycles. The van der Waals surface area contributed by atoms with Crippen LogP contribution in [0.1, 0.15) is 0 Å². The smallest absolute Gasteiger partial charge is 0.744 e. The largest absolute Gasteiger partial charge is 1.00 e. The number of anilines is 2. The molecule has 0 unspecified atom stereocenters. The van der Waals surface area contributed by atoms with Crippen LogP contribution in [0, 0.1) is 3.57 Å². The molecule has 0 spiro atoms. The number of hydrogen-bond donors (Lipinski definition) is 2. The molecule has 0 saturated carbocycles. The van der Waals surface area contributed by atoms with Crippen LogP contribution in [-0.2, 0) is 20.2 Å². The number of nitrogen functional groups attached to an aromatic ring is 2. The van der Waals surface area contributed by atoms with E-state index in [9.17, 15) is 25.9 Å². The average Bonchev–Trinajstić information content (AvgIpc) is 3.03. The Bertz CT molecular complexity index is 2520.